The van der Waals surface area contributed by atoms with Crippen LogP contribution >= 0.6 is 15.9 Å². The summed E-state index contributed by atoms with van der Waals surface area (Å²) in [5, 5.41) is 3.27. The lowest BCUT2D eigenvalue weighted by Crippen LogP contribution is -2.27. The molecule has 0 unspecified atom stereocenters. The molecule has 5 heteroatoms. The fourth-order valence-electron chi connectivity index (χ4n) is 2.27. The number of hydrogen-bond acceptors (Lipinski definition) is 3. The Bertz CT molecular complexity index is 835. The highest BCUT2D eigenvalue weighted by atomic mass is 79.9. The number of nitrogens with one attached hydrogen (secondary N) is 1. The van der Waals surface area contributed by atoms with Crippen LogP contribution in [0, 0.1) is 0 Å². The van der Waals surface area contributed by atoms with Gasteiger partial charge in [-0.05, 0) is 48.5 Å². The smallest absolute Gasteiger partial charge is 0.276 e. The van der Waals surface area contributed by atoms with Crippen molar-refractivity contribution in [3.63, 3.8) is 0 Å². The Hall–Kier alpha value is -2.66. The van der Waals surface area contributed by atoms with Crippen LogP contribution in [0.4, 0.5) is 17.1 Å². The van der Waals surface area contributed by atoms with Gasteiger partial charge in [-0.15, -0.1) is 0 Å². The molecule has 0 aliphatic rings. The second-order valence-electron chi connectivity index (χ2n) is 5.26. The standard InChI is InChI=1S/C19H16BrN3O/c1-23(17-5-3-2-4-6-17)19(24)18-13-16(11-12-21-18)22-15-9-7-14(20)8-10-15/h2-13H,1H3,(H,21,22). The zero-order valence-electron chi connectivity index (χ0n) is 13.1. The van der Waals surface area contributed by atoms with Gasteiger partial charge in [0.1, 0.15) is 5.69 Å². The van der Waals surface area contributed by atoms with Crippen LogP contribution < -0.4 is 10.2 Å². The fourth-order valence-corrected chi connectivity index (χ4v) is 2.53. The van der Waals surface area contributed by atoms with Crippen molar-refractivity contribution in [3.8, 4) is 0 Å². The molecule has 0 aliphatic carbocycles. The molecule has 120 valence electrons. The minimum absolute atomic E-state index is 0.152. The molecule has 3 aromatic rings. The Morgan fingerprint density at radius 2 is 1.71 bits per heavy atom. The first-order valence-corrected chi connectivity index (χ1v) is 8.24. The Balaban J connectivity index is 1.79. The molecule has 4 nitrogen and oxygen atoms in total. The number of anilines is 3. The average molecular weight is 382 g/mol. The topological polar surface area (TPSA) is 45.2 Å². The molecule has 0 aliphatic heterocycles. The number of halogens is 1. The summed E-state index contributed by atoms with van der Waals surface area (Å²) in [6.45, 7) is 0. The number of pyridine rings is 1. The molecule has 1 N–H and O–H groups in total. The van der Waals surface area contributed by atoms with Gasteiger partial charge in [0.05, 0.1) is 0 Å². The number of rotatable bonds is 4. The number of aromatic nitrogens is 1. The fraction of sp³-hybridized carbons (Fsp3) is 0.0526. The van der Waals surface area contributed by atoms with Gasteiger partial charge in [-0.3, -0.25) is 9.78 Å². The lowest BCUT2D eigenvalue weighted by Gasteiger charge is -2.17. The second kappa shape index (κ2) is 7.27. The van der Waals surface area contributed by atoms with E-state index in [1.54, 1.807) is 24.2 Å². The predicted octanol–water partition coefficient (Wildman–Crippen LogP) is 4.86. The molecule has 0 atom stereocenters. The summed E-state index contributed by atoms with van der Waals surface area (Å²) in [7, 11) is 1.74. The van der Waals surface area contributed by atoms with Crippen LogP contribution in [0.15, 0.2) is 77.4 Å². The van der Waals surface area contributed by atoms with Crippen LogP contribution in [0.1, 0.15) is 10.5 Å². The Morgan fingerprint density at radius 3 is 2.42 bits per heavy atom. The average Bonchev–Trinajstić information content (AvgIpc) is 2.63. The van der Waals surface area contributed by atoms with E-state index in [1.807, 2.05) is 60.7 Å². The van der Waals surface area contributed by atoms with E-state index in [1.165, 1.54) is 0 Å². The summed E-state index contributed by atoms with van der Waals surface area (Å²) in [6, 6.07) is 20.9. The van der Waals surface area contributed by atoms with Crippen LogP contribution in [-0.4, -0.2) is 17.9 Å². The van der Waals surface area contributed by atoms with Crippen LogP contribution in [-0.2, 0) is 0 Å². The van der Waals surface area contributed by atoms with Gasteiger partial charge in [-0.2, -0.15) is 0 Å². The van der Waals surface area contributed by atoms with Gasteiger partial charge in [0.25, 0.3) is 5.91 Å². The van der Waals surface area contributed by atoms with Crippen molar-refractivity contribution in [2.24, 2.45) is 0 Å². The molecule has 0 saturated heterocycles. The molecule has 0 radical (unpaired) electrons. The first kappa shape index (κ1) is 16.2. The van der Waals surface area contributed by atoms with Crippen LogP contribution in [0.5, 0.6) is 0 Å². The molecule has 24 heavy (non-hydrogen) atoms. The molecule has 3 rings (SSSR count). The number of para-hydroxylation sites is 1. The normalized spacial score (nSPS) is 10.2. The summed E-state index contributed by atoms with van der Waals surface area (Å²) in [6.07, 6.45) is 1.63. The third-order valence-electron chi connectivity index (χ3n) is 3.56. The van der Waals surface area contributed by atoms with Crippen molar-refractivity contribution in [2.45, 2.75) is 0 Å². The lowest BCUT2D eigenvalue weighted by atomic mass is 10.2. The Morgan fingerprint density at radius 1 is 1.00 bits per heavy atom. The maximum atomic E-state index is 12.6. The summed E-state index contributed by atoms with van der Waals surface area (Å²) in [5.41, 5.74) is 2.98. The van der Waals surface area contributed by atoms with E-state index < -0.39 is 0 Å². The quantitative estimate of drug-likeness (QED) is 0.701. The highest BCUT2D eigenvalue weighted by Gasteiger charge is 2.15. The SMILES string of the molecule is CN(C(=O)c1cc(Nc2ccc(Br)cc2)ccn1)c1ccccc1. The van der Waals surface area contributed by atoms with E-state index in [9.17, 15) is 4.79 Å². The zero-order valence-corrected chi connectivity index (χ0v) is 14.7. The first-order valence-electron chi connectivity index (χ1n) is 7.45. The Labute approximate surface area is 149 Å². The van der Waals surface area contributed by atoms with Crippen LogP contribution in [0.2, 0.25) is 0 Å². The van der Waals surface area contributed by atoms with Crippen molar-refractivity contribution in [1.82, 2.24) is 4.98 Å². The van der Waals surface area contributed by atoms with Gasteiger partial charge in [0.2, 0.25) is 0 Å². The summed E-state index contributed by atoms with van der Waals surface area (Å²) < 4.78 is 1.02. The molecule has 0 fully saturated rings. The van der Waals surface area contributed by atoms with Gasteiger partial charge in [-0.1, -0.05) is 34.1 Å². The lowest BCUT2D eigenvalue weighted by molar-refractivity contribution is 0.0988. The summed E-state index contributed by atoms with van der Waals surface area (Å²) in [4.78, 5) is 18.4. The third kappa shape index (κ3) is 3.81. The summed E-state index contributed by atoms with van der Waals surface area (Å²) in [5.74, 6) is -0.152. The predicted molar refractivity (Wildman–Crippen MR) is 101 cm³/mol. The molecule has 1 heterocycles. The maximum Gasteiger partial charge on any atom is 0.276 e. The van der Waals surface area contributed by atoms with Gasteiger partial charge >= 0.3 is 0 Å². The number of nitrogens with zero attached hydrogens (tertiary/aromatic N) is 2. The zero-order chi connectivity index (χ0) is 16.9. The molecule has 2 aromatic carbocycles. The van der Waals surface area contributed by atoms with E-state index in [0.717, 1.165) is 21.5 Å². The summed E-state index contributed by atoms with van der Waals surface area (Å²) >= 11 is 3.41. The number of carbonyl (C=O) groups excluding carboxylic acids is 1. The third-order valence-corrected chi connectivity index (χ3v) is 4.09. The minimum atomic E-state index is -0.152. The molecular formula is C19H16BrN3O. The minimum Gasteiger partial charge on any atom is -0.355 e. The van der Waals surface area contributed by atoms with E-state index in [4.69, 9.17) is 0 Å². The molecule has 0 bridgehead atoms. The van der Waals surface area contributed by atoms with E-state index in [-0.39, 0.29) is 5.91 Å². The molecule has 1 amide bonds. The number of amides is 1. The largest absolute Gasteiger partial charge is 0.355 e. The van der Waals surface area contributed by atoms with E-state index in [2.05, 4.69) is 26.2 Å². The second-order valence-corrected chi connectivity index (χ2v) is 6.18. The molecule has 0 spiro atoms. The highest BCUT2D eigenvalue weighted by Crippen LogP contribution is 2.20. The monoisotopic (exact) mass is 381 g/mol. The molecule has 1 aromatic heterocycles. The highest BCUT2D eigenvalue weighted by molar-refractivity contribution is 9.10. The van der Waals surface area contributed by atoms with Crippen molar-refractivity contribution >= 4 is 38.9 Å². The number of benzene rings is 2. The maximum absolute atomic E-state index is 12.6. The van der Waals surface area contributed by atoms with E-state index >= 15 is 0 Å². The van der Waals surface area contributed by atoms with Gasteiger partial charge < -0.3 is 10.2 Å². The van der Waals surface area contributed by atoms with Crippen molar-refractivity contribution in [2.75, 3.05) is 17.3 Å². The van der Waals surface area contributed by atoms with Crippen LogP contribution in [0.25, 0.3) is 0 Å². The Kier molecular flexibility index (Phi) is 4.91. The van der Waals surface area contributed by atoms with Gasteiger partial charge in [0.15, 0.2) is 0 Å². The first-order chi connectivity index (χ1) is 11.6. The van der Waals surface area contributed by atoms with Crippen LogP contribution in [0.3, 0.4) is 0 Å². The molecular weight excluding hydrogens is 366 g/mol. The van der Waals surface area contributed by atoms with Crippen molar-refractivity contribution in [1.29, 1.82) is 0 Å². The molecule has 0 saturated carbocycles. The van der Waals surface area contributed by atoms with Crippen molar-refractivity contribution < 1.29 is 4.79 Å². The number of carbonyl (C=O) groups is 1. The number of hydrogen-bond donors (Lipinski definition) is 1. The van der Waals surface area contributed by atoms with E-state index in [0.29, 0.717) is 5.69 Å². The van der Waals surface area contributed by atoms with Gasteiger partial charge in [0, 0.05) is 34.8 Å². The van der Waals surface area contributed by atoms with Gasteiger partial charge in [-0.25, -0.2) is 0 Å². The van der Waals surface area contributed by atoms with Crippen molar-refractivity contribution in [3.05, 3.63) is 83.1 Å².